The fraction of sp³-hybridized carbons (Fsp3) is 0.154. The number of benzene rings is 2. The molecule has 1 unspecified atom stereocenters. The molecule has 0 bridgehead atoms. The molecule has 0 radical (unpaired) electrons. The van der Waals surface area contributed by atoms with E-state index in [2.05, 4.69) is 30.6 Å². The third-order valence-corrected chi connectivity index (χ3v) is 5.67. The number of nitrogens with one attached hydrogen (secondary N) is 1. The van der Waals surface area contributed by atoms with Crippen LogP contribution in [-0.4, -0.2) is 42.8 Å². The maximum Gasteiger partial charge on any atom is 0.422 e. The van der Waals surface area contributed by atoms with Gasteiger partial charge in [0.05, 0.1) is 5.69 Å². The topological polar surface area (TPSA) is 140 Å². The van der Waals surface area contributed by atoms with Crippen LogP contribution in [0.3, 0.4) is 0 Å². The largest absolute Gasteiger partial charge is 0.422 e. The van der Waals surface area contributed by atoms with Crippen molar-refractivity contribution in [1.29, 1.82) is 0 Å². The Bertz CT molecular complexity index is 1550. The van der Waals surface area contributed by atoms with Crippen molar-refractivity contribution in [2.75, 3.05) is 6.54 Å². The number of hydrogen-bond donors (Lipinski definition) is 2. The average Bonchev–Trinajstić information content (AvgIpc) is 3.62. The minimum Gasteiger partial charge on any atom is -0.378 e. The SMILES string of the molecule is O=C(NCCc1cnccn1)C(O)c1ccc(-c2noc(-c3onc(-c4ccccc4)c3C(F)(F)F)n2)cc1. The molecule has 0 spiro atoms. The summed E-state index contributed by atoms with van der Waals surface area (Å²) in [7, 11) is 0. The maximum absolute atomic E-state index is 13.9. The molecule has 5 aromatic rings. The van der Waals surface area contributed by atoms with Gasteiger partial charge in [0.25, 0.3) is 11.8 Å². The van der Waals surface area contributed by atoms with Crippen LogP contribution >= 0.6 is 0 Å². The molecule has 1 amide bonds. The Morgan fingerprint density at radius 2 is 1.74 bits per heavy atom. The Hall–Kier alpha value is -4.91. The van der Waals surface area contributed by atoms with Gasteiger partial charge >= 0.3 is 6.18 Å². The number of aliphatic hydroxyl groups excluding tert-OH is 1. The number of carbonyl (C=O) groups excluding carboxylic acids is 1. The minimum absolute atomic E-state index is 0.0229. The summed E-state index contributed by atoms with van der Waals surface area (Å²) < 4.78 is 51.9. The van der Waals surface area contributed by atoms with Crippen molar-refractivity contribution in [3.63, 3.8) is 0 Å². The monoisotopic (exact) mass is 536 g/mol. The molecule has 3 heterocycles. The molecule has 2 N–H and O–H groups in total. The molecule has 5 rings (SSSR count). The Morgan fingerprint density at radius 3 is 2.44 bits per heavy atom. The quantitative estimate of drug-likeness (QED) is 0.298. The van der Waals surface area contributed by atoms with Gasteiger partial charge in [0.2, 0.25) is 11.6 Å². The van der Waals surface area contributed by atoms with Gasteiger partial charge in [-0.2, -0.15) is 18.2 Å². The fourth-order valence-corrected chi connectivity index (χ4v) is 3.76. The van der Waals surface area contributed by atoms with E-state index in [0.717, 1.165) is 0 Å². The smallest absolute Gasteiger partial charge is 0.378 e. The standard InChI is InChI=1S/C26H19F3N6O4/c27-26(28,29)19-20(15-4-2-1-3-5-15)34-38-22(19)25-33-23(35-39-25)17-8-6-16(7-9-17)21(36)24(37)32-11-10-18-14-30-12-13-31-18/h1-9,12-14,21,36H,10-11H2,(H,32,37). The van der Waals surface area contributed by atoms with Crippen molar-refractivity contribution in [2.24, 2.45) is 0 Å². The number of rotatable bonds is 8. The van der Waals surface area contributed by atoms with Crippen LogP contribution in [0.25, 0.3) is 34.3 Å². The third-order valence-electron chi connectivity index (χ3n) is 5.67. The Balaban J connectivity index is 1.30. The van der Waals surface area contributed by atoms with Crippen LogP contribution in [0.1, 0.15) is 22.9 Å². The molecule has 0 aliphatic heterocycles. The van der Waals surface area contributed by atoms with Gasteiger partial charge in [0, 0.05) is 42.7 Å². The number of hydrogen-bond acceptors (Lipinski definition) is 9. The highest BCUT2D eigenvalue weighted by Crippen LogP contribution is 2.43. The molecule has 198 valence electrons. The van der Waals surface area contributed by atoms with Gasteiger partial charge in [-0.25, -0.2) is 0 Å². The third kappa shape index (κ3) is 5.67. The molecule has 10 nitrogen and oxygen atoms in total. The summed E-state index contributed by atoms with van der Waals surface area (Å²) in [6.45, 7) is 0.256. The Kier molecular flexibility index (Phi) is 7.14. The first-order valence-electron chi connectivity index (χ1n) is 11.6. The van der Waals surface area contributed by atoms with E-state index >= 15 is 0 Å². The minimum atomic E-state index is -4.80. The van der Waals surface area contributed by atoms with Gasteiger partial charge in [-0.05, 0) is 5.56 Å². The highest BCUT2D eigenvalue weighted by atomic mass is 19.4. The summed E-state index contributed by atoms with van der Waals surface area (Å²) >= 11 is 0. The molecule has 3 aromatic heterocycles. The van der Waals surface area contributed by atoms with E-state index in [1.54, 1.807) is 36.8 Å². The second kappa shape index (κ2) is 10.8. The highest BCUT2D eigenvalue weighted by Gasteiger charge is 2.43. The number of aromatic nitrogens is 5. The molecule has 0 fully saturated rings. The first kappa shape index (κ1) is 25.7. The van der Waals surface area contributed by atoms with Gasteiger partial charge in [-0.3, -0.25) is 14.8 Å². The van der Waals surface area contributed by atoms with Crippen LogP contribution < -0.4 is 5.32 Å². The first-order valence-corrected chi connectivity index (χ1v) is 11.6. The molecule has 0 aliphatic rings. The number of alkyl halides is 3. The second-order valence-corrected chi connectivity index (χ2v) is 8.28. The van der Waals surface area contributed by atoms with Crippen LogP contribution in [-0.2, 0) is 17.4 Å². The zero-order valence-electron chi connectivity index (χ0n) is 20.0. The van der Waals surface area contributed by atoms with E-state index < -0.39 is 41.1 Å². The van der Waals surface area contributed by atoms with Gasteiger partial charge in [-0.1, -0.05) is 64.9 Å². The predicted octanol–water partition coefficient (Wildman–Crippen LogP) is 4.26. The van der Waals surface area contributed by atoms with E-state index in [9.17, 15) is 23.1 Å². The first-order chi connectivity index (χ1) is 18.8. The summed E-state index contributed by atoms with van der Waals surface area (Å²) in [4.78, 5) is 24.4. The van der Waals surface area contributed by atoms with Crippen molar-refractivity contribution >= 4 is 5.91 Å². The van der Waals surface area contributed by atoms with Crippen LogP contribution in [0.5, 0.6) is 0 Å². The van der Waals surface area contributed by atoms with Gasteiger partial charge in [0.15, 0.2) is 6.10 Å². The summed E-state index contributed by atoms with van der Waals surface area (Å²) in [6.07, 6.45) is -1.13. The van der Waals surface area contributed by atoms with Crippen molar-refractivity contribution < 1.29 is 32.1 Å². The number of halogens is 3. The summed E-state index contributed by atoms with van der Waals surface area (Å²) in [5.41, 5.74) is 0.0485. The van der Waals surface area contributed by atoms with Gasteiger partial charge < -0.3 is 19.5 Å². The van der Waals surface area contributed by atoms with Gasteiger partial charge in [0.1, 0.15) is 11.3 Å². The lowest BCUT2D eigenvalue weighted by Crippen LogP contribution is -2.31. The lowest BCUT2D eigenvalue weighted by molar-refractivity contribution is -0.137. The molecule has 2 aromatic carbocycles. The maximum atomic E-state index is 13.9. The van der Waals surface area contributed by atoms with Gasteiger partial charge in [-0.15, -0.1) is 0 Å². The van der Waals surface area contributed by atoms with Crippen LogP contribution in [0, 0.1) is 0 Å². The Morgan fingerprint density at radius 1 is 0.974 bits per heavy atom. The second-order valence-electron chi connectivity index (χ2n) is 8.28. The summed E-state index contributed by atoms with van der Waals surface area (Å²) in [5, 5.41) is 20.4. The molecule has 1 atom stereocenters. The van der Waals surface area contributed by atoms with Crippen molar-refractivity contribution in [1.82, 2.24) is 30.6 Å². The zero-order valence-corrected chi connectivity index (χ0v) is 20.0. The van der Waals surface area contributed by atoms with Crippen LogP contribution in [0.15, 0.2) is 82.2 Å². The molecule has 0 saturated carbocycles. The normalized spacial score (nSPS) is 12.3. The zero-order chi connectivity index (χ0) is 27.4. The van der Waals surface area contributed by atoms with E-state index in [-0.39, 0.29) is 17.9 Å². The van der Waals surface area contributed by atoms with E-state index in [1.165, 1.54) is 36.4 Å². The molecule has 39 heavy (non-hydrogen) atoms. The number of aliphatic hydroxyl groups is 1. The van der Waals surface area contributed by atoms with E-state index in [1.807, 2.05) is 0 Å². The fourth-order valence-electron chi connectivity index (χ4n) is 3.76. The molecular weight excluding hydrogens is 517 g/mol. The highest BCUT2D eigenvalue weighted by molar-refractivity contribution is 5.82. The van der Waals surface area contributed by atoms with Crippen LogP contribution in [0.2, 0.25) is 0 Å². The lowest BCUT2D eigenvalue weighted by atomic mass is 10.1. The van der Waals surface area contributed by atoms with Crippen molar-refractivity contribution in [3.8, 4) is 34.3 Å². The molecule has 0 aliphatic carbocycles. The Labute approximate surface area is 218 Å². The molecule has 13 heteroatoms. The number of amides is 1. The van der Waals surface area contributed by atoms with Crippen molar-refractivity contribution in [2.45, 2.75) is 18.7 Å². The summed E-state index contributed by atoms with van der Waals surface area (Å²) in [6, 6.07) is 13.7. The molecule has 0 saturated heterocycles. The molecular formula is C26H19F3N6O4. The van der Waals surface area contributed by atoms with E-state index in [4.69, 9.17) is 9.05 Å². The van der Waals surface area contributed by atoms with Crippen LogP contribution in [0.4, 0.5) is 13.2 Å². The van der Waals surface area contributed by atoms with E-state index in [0.29, 0.717) is 23.2 Å². The summed E-state index contributed by atoms with van der Waals surface area (Å²) in [5.74, 6) is -1.83. The number of carbonyl (C=O) groups is 1. The average molecular weight is 536 g/mol. The lowest BCUT2D eigenvalue weighted by Gasteiger charge is -2.11. The predicted molar refractivity (Wildman–Crippen MR) is 129 cm³/mol. The number of nitrogens with zero attached hydrogens (tertiary/aromatic N) is 5. The van der Waals surface area contributed by atoms with Crippen molar-refractivity contribution in [3.05, 3.63) is 90.0 Å².